The molecule has 15 heavy (non-hydrogen) atoms. The smallest absolute Gasteiger partial charge is 0.184 e. The predicted molar refractivity (Wildman–Crippen MR) is 62.2 cm³/mol. The monoisotopic (exact) mass is 225 g/mol. The Balaban J connectivity index is 2.75. The number of hydrazone groups is 1. The van der Waals surface area contributed by atoms with E-state index in [1.807, 2.05) is 0 Å². The first-order chi connectivity index (χ1) is 7.13. The van der Waals surface area contributed by atoms with Crippen LogP contribution in [-0.2, 0) is 0 Å². The number of nitrogens with zero attached hydrogens (tertiary/aromatic N) is 1. The van der Waals surface area contributed by atoms with E-state index < -0.39 is 0 Å². The number of phenols is 1. The molecule has 0 fully saturated rings. The second-order valence-electron chi connectivity index (χ2n) is 2.67. The van der Waals surface area contributed by atoms with Crippen LogP contribution in [0.3, 0.4) is 0 Å². The highest BCUT2D eigenvalue weighted by molar-refractivity contribution is 7.80. The molecule has 80 valence electrons. The highest BCUT2D eigenvalue weighted by Gasteiger charge is 2.00. The van der Waals surface area contributed by atoms with Crippen LogP contribution < -0.4 is 15.9 Å². The summed E-state index contributed by atoms with van der Waals surface area (Å²) in [6.07, 6.45) is 1.48. The minimum Gasteiger partial charge on any atom is -0.504 e. The van der Waals surface area contributed by atoms with Crippen molar-refractivity contribution in [2.75, 3.05) is 7.11 Å². The predicted octanol–water partition coefficient (Wildman–Crippen LogP) is 0.568. The van der Waals surface area contributed by atoms with Crippen LogP contribution >= 0.6 is 12.2 Å². The molecule has 0 aromatic heterocycles. The van der Waals surface area contributed by atoms with Gasteiger partial charge in [0.05, 0.1) is 13.3 Å². The standard InChI is InChI=1S/C9H11N3O2S/c1-14-8-3-2-6(4-7(8)13)5-11-12-9(10)15/h2-5,13H,1H3,(H3,10,12,15)/b11-5+. The van der Waals surface area contributed by atoms with Gasteiger partial charge in [-0.05, 0) is 36.0 Å². The van der Waals surface area contributed by atoms with Crippen LogP contribution in [0.25, 0.3) is 0 Å². The van der Waals surface area contributed by atoms with Gasteiger partial charge in [-0.3, -0.25) is 5.43 Å². The molecule has 0 heterocycles. The van der Waals surface area contributed by atoms with Gasteiger partial charge in [0, 0.05) is 0 Å². The maximum absolute atomic E-state index is 9.44. The van der Waals surface area contributed by atoms with Crippen LogP contribution in [0.5, 0.6) is 11.5 Å². The zero-order valence-electron chi connectivity index (χ0n) is 8.10. The topological polar surface area (TPSA) is 79.9 Å². The first-order valence-electron chi connectivity index (χ1n) is 4.09. The Morgan fingerprint density at radius 1 is 1.67 bits per heavy atom. The van der Waals surface area contributed by atoms with Gasteiger partial charge in [-0.1, -0.05) is 0 Å². The Bertz CT molecular complexity index is 393. The Morgan fingerprint density at radius 2 is 2.40 bits per heavy atom. The summed E-state index contributed by atoms with van der Waals surface area (Å²) in [5.74, 6) is 0.464. The summed E-state index contributed by atoms with van der Waals surface area (Å²) in [5, 5.41) is 13.3. The van der Waals surface area contributed by atoms with Gasteiger partial charge in [-0.25, -0.2) is 0 Å². The fourth-order valence-electron chi connectivity index (χ4n) is 0.958. The van der Waals surface area contributed by atoms with Crippen LogP contribution in [-0.4, -0.2) is 23.5 Å². The number of hydrogen-bond donors (Lipinski definition) is 3. The van der Waals surface area contributed by atoms with E-state index in [0.29, 0.717) is 11.3 Å². The summed E-state index contributed by atoms with van der Waals surface area (Å²) >= 11 is 4.56. The third kappa shape index (κ3) is 3.43. The van der Waals surface area contributed by atoms with Gasteiger partial charge >= 0.3 is 0 Å². The number of rotatable bonds is 3. The molecule has 0 unspecified atom stereocenters. The van der Waals surface area contributed by atoms with E-state index in [-0.39, 0.29) is 10.9 Å². The second-order valence-corrected chi connectivity index (χ2v) is 3.11. The van der Waals surface area contributed by atoms with Gasteiger partial charge in [0.2, 0.25) is 0 Å². The van der Waals surface area contributed by atoms with Crippen molar-refractivity contribution in [2.24, 2.45) is 10.8 Å². The van der Waals surface area contributed by atoms with Crippen LogP contribution in [0.4, 0.5) is 0 Å². The highest BCUT2D eigenvalue weighted by atomic mass is 32.1. The summed E-state index contributed by atoms with van der Waals surface area (Å²) in [6.45, 7) is 0. The number of phenolic OH excluding ortho intramolecular Hbond substituents is 1. The van der Waals surface area contributed by atoms with Crippen molar-refractivity contribution in [3.63, 3.8) is 0 Å². The Morgan fingerprint density at radius 3 is 2.93 bits per heavy atom. The fourth-order valence-corrected chi connectivity index (χ4v) is 1.01. The molecule has 0 aliphatic heterocycles. The molecule has 0 aliphatic rings. The molecule has 0 saturated heterocycles. The quantitative estimate of drug-likeness (QED) is 0.398. The molecular weight excluding hydrogens is 214 g/mol. The normalized spacial score (nSPS) is 10.2. The van der Waals surface area contributed by atoms with Crippen LogP contribution in [0.15, 0.2) is 23.3 Å². The number of hydrogen-bond acceptors (Lipinski definition) is 4. The van der Waals surface area contributed by atoms with Gasteiger partial charge in [0.1, 0.15) is 0 Å². The van der Waals surface area contributed by atoms with Crippen molar-refractivity contribution in [3.05, 3.63) is 23.8 Å². The van der Waals surface area contributed by atoms with Crippen molar-refractivity contribution in [2.45, 2.75) is 0 Å². The van der Waals surface area contributed by atoms with E-state index in [0.717, 1.165) is 0 Å². The molecule has 4 N–H and O–H groups in total. The third-order valence-corrected chi connectivity index (χ3v) is 1.68. The molecule has 1 aromatic rings. The van der Waals surface area contributed by atoms with Gasteiger partial charge in [0.25, 0.3) is 0 Å². The SMILES string of the molecule is COc1ccc(/C=N/NC(N)=S)cc1O. The number of aromatic hydroxyl groups is 1. The van der Waals surface area contributed by atoms with Crippen molar-refractivity contribution >= 4 is 23.5 Å². The molecule has 0 bridgehead atoms. The van der Waals surface area contributed by atoms with E-state index >= 15 is 0 Å². The van der Waals surface area contributed by atoms with E-state index in [4.69, 9.17) is 10.5 Å². The first kappa shape index (κ1) is 11.3. The minimum atomic E-state index is 0.0526. The molecule has 5 nitrogen and oxygen atoms in total. The molecule has 1 aromatic carbocycles. The summed E-state index contributed by atoms with van der Waals surface area (Å²) in [5.41, 5.74) is 8.28. The Kier molecular flexibility index (Phi) is 3.87. The number of nitrogens with one attached hydrogen (secondary N) is 1. The summed E-state index contributed by atoms with van der Waals surface area (Å²) < 4.78 is 4.89. The number of methoxy groups -OCH3 is 1. The molecular formula is C9H11N3O2S. The Hall–Kier alpha value is -1.82. The third-order valence-electron chi connectivity index (χ3n) is 1.59. The van der Waals surface area contributed by atoms with E-state index in [1.54, 1.807) is 12.1 Å². The van der Waals surface area contributed by atoms with Crippen LogP contribution in [0, 0.1) is 0 Å². The van der Waals surface area contributed by atoms with Crippen LogP contribution in [0.1, 0.15) is 5.56 Å². The number of benzene rings is 1. The summed E-state index contributed by atoms with van der Waals surface area (Å²) in [4.78, 5) is 0. The molecule has 0 aliphatic carbocycles. The van der Waals surface area contributed by atoms with Gasteiger partial charge in [-0.2, -0.15) is 5.10 Å². The lowest BCUT2D eigenvalue weighted by Gasteiger charge is -2.02. The average Bonchev–Trinajstić information content (AvgIpc) is 2.17. The number of ether oxygens (including phenoxy) is 1. The molecule has 0 radical (unpaired) electrons. The van der Waals surface area contributed by atoms with E-state index in [9.17, 15) is 5.11 Å². The summed E-state index contributed by atoms with van der Waals surface area (Å²) in [6, 6.07) is 4.89. The fraction of sp³-hybridized carbons (Fsp3) is 0.111. The van der Waals surface area contributed by atoms with Gasteiger partial charge in [0.15, 0.2) is 16.6 Å². The zero-order valence-corrected chi connectivity index (χ0v) is 8.91. The van der Waals surface area contributed by atoms with Crippen molar-refractivity contribution in [3.8, 4) is 11.5 Å². The Labute approximate surface area is 92.5 Å². The van der Waals surface area contributed by atoms with Gasteiger partial charge < -0.3 is 15.6 Å². The average molecular weight is 225 g/mol. The second kappa shape index (κ2) is 5.16. The molecule has 0 saturated carbocycles. The summed E-state index contributed by atoms with van der Waals surface area (Å²) in [7, 11) is 1.48. The van der Waals surface area contributed by atoms with E-state index in [2.05, 4.69) is 22.7 Å². The molecule has 6 heteroatoms. The largest absolute Gasteiger partial charge is 0.504 e. The first-order valence-corrected chi connectivity index (χ1v) is 4.50. The lowest BCUT2D eigenvalue weighted by molar-refractivity contribution is 0.373. The maximum atomic E-state index is 9.44. The molecule has 1 rings (SSSR count). The van der Waals surface area contributed by atoms with Gasteiger partial charge in [-0.15, -0.1) is 0 Å². The number of thiocarbonyl (C=S) groups is 1. The minimum absolute atomic E-state index is 0.0526. The molecule has 0 amide bonds. The highest BCUT2D eigenvalue weighted by Crippen LogP contribution is 2.25. The lowest BCUT2D eigenvalue weighted by atomic mass is 10.2. The zero-order chi connectivity index (χ0) is 11.3. The lowest BCUT2D eigenvalue weighted by Crippen LogP contribution is -2.23. The number of nitrogens with two attached hydrogens (primary N) is 1. The van der Waals surface area contributed by atoms with Crippen molar-refractivity contribution in [1.29, 1.82) is 0 Å². The van der Waals surface area contributed by atoms with Crippen molar-refractivity contribution < 1.29 is 9.84 Å². The van der Waals surface area contributed by atoms with E-state index in [1.165, 1.54) is 19.4 Å². The maximum Gasteiger partial charge on any atom is 0.184 e. The molecule has 0 atom stereocenters. The molecule has 0 spiro atoms. The van der Waals surface area contributed by atoms with Crippen LogP contribution in [0.2, 0.25) is 0 Å². The van der Waals surface area contributed by atoms with Crippen molar-refractivity contribution in [1.82, 2.24) is 5.43 Å².